The Labute approximate surface area is 123 Å². The van der Waals surface area contributed by atoms with E-state index in [1.54, 1.807) is 45.0 Å². The fraction of sp³-hybridized carbons (Fsp3) is 0.250. The highest BCUT2D eigenvalue weighted by Crippen LogP contribution is 2.30. The lowest BCUT2D eigenvalue weighted by atomic mass is 10.1. The number of hydrogen-bond donors (Lipinski definition) is 1. The van der Waals surface area contributed by atoms with E-state index in [1.165, 1.54) is 6.20 Å². The molecule has 0 unspecified atom stereocenters. The number of aromatic nitrogens is 1. The van der Waals surface area contributed by atoms with Crippen molar-refractivity contribution in [2.24, 2.45) is 0 Å². The SMILES string of the molecule is CC(C)(C)OC(=O)Nc1cncc(F)c1-c1ccccc1. The quantitative estimate of drug-likeness (QED) is 0.899. The molecule has 0 fully saturated rings. The summed E-state index contributed by atoms with van der Waals surface area (Å²) in [6.07, 6.45) is 1.87. The van der Waals surface area contributed by atoms with Crippen LogP contribution in [0.4, 0.5) is 14.9 Å². The molecule has 0 atom stereocenters. The van der Waals surface area contributed by atoms with Crippen LogP contribution >= 0.6 is 0 Å². The standard InChI is InChI=1S/C16H17FN2O2/c1-16(2,3)21-15(20)19-13-10-18-9-12(17)14(13)11-7-5-4-6-8-11/h4-10H,1-3H3,(H,19,20). The zero-order valence-electron chi connectivity index (χ0n) is 12.2. The highest BCUT2D eigenvalue weighted by Gasteiger charge is 2.19. The molecule has 1 amide bonds. The first-order chi connectivity index (χ1) is 9.87. The number of anilines is 1. The summed E-state index contributed by atoms with van der Waals surface area (Å²) in [6.45, 7) is 5.28. The van der Waals surface area contributed by atoms with E-state index in [4.69, 9.17) is 4.74 Å². The number of halogens is 1. The van der Waals surface area contributed by atoms with E-state index in [9.17, 15) is 9.18 Å². The van der Waals surface area contributed by atoms with E-state index in [2.05, 4.69) is 10.3 Å². The number of ether oxygens (including phenoxy) is 1. The molecule has 0 aliphatic carbocycles. The topological polar surface area (TPSA) is 51.2 Å². The molecule has 1 aromatic carbocycles. The van der Waals surface area contributed by atoms with Gasteiger partial charge < -0.3 is 4.74 Å². The van der Waals surface area contributed by atoms with Crippen molar-refractivity contribution in [2.75, 3.05) is 5.32 Å². The summed E-state index contributed by atoms with van der Waals surface area (Å²) in [7, 11) is 0. The van der Waals surface area contributed by atoms with Gasteiger partial charge in [-0.15, -0.1) is 0 Å². The van der Waals surface area contributed by atoms with Crippen LogP contribution in [0.2, 0.25) is 0 Å². The molecule has 1 heterocycles. The number of hydrogen-bond acceptors (Lipinski definition) is 3. The Kier molecular flexibility index (Phi) is 4.21. The van der Waals surface area contributed by atoms with Crippen LogP contribution in [0.3, 0.4) is 0 Å². The van der Waals surface area contributed by atoms with Gasteiger partial charge in [-0.25, -0.2) is 9.18 Å². The summed E-state index contributed by atoms with van der Waals surface area (Å²) in [4.78, 5) is 15.6. The number of nitrogens with zero attached hydrogens (tertiary/aromatic N) is 1. The lowest BCUT2D eigenvalue weighted by molar-refractivity contribution is 0.0636. The molecule has 0 bridgehead atoms. The van der Waals surface area contributed by atoms with Crippen molar-refractivity contribution in [2.45, 2.75) is 26.4 Å². The molecule has 5 heteroatoms. The van der Waals surface area contributed by atoms with Crippen molar-refractivity contribution in [1.29, 1.82) is 0 Å². The van der Waals surface area contributed by atoms with Gasteiger partial charge in [-0.1, -0.05) is 30.3 Å². The molecule has 2 aromatic rings. The van der Waals surface area contributed by atoms with E-state index in [0.29, 0.717) is 5.56 Å². The van der Waals surface area contributed by atoms with Gasteiger partial charge in [-0.2, -0.15) is 0 Å². The number of rotatable bonds is 2. The van der Waals surface area contributed by atoms with Gasteiger partial charge >= 0.3 is 6.09 Å². The molecule has 1 N–H and O–H groups in total. The first-order valence-corrected chi connectivity index (χ1v) is 6.56. The Morgan fingerprint density at radius 3 is 2.48 bits per heavy atom. The van der Waals surface area contributed by atoms with Crippen LogP contribution in [0.25, 0.3) is 11.1 Å². The molecule has 0 spiro atoms. The van der Waals surface area contributed by atoms with Crippen LogP contribution in [0.5, 0.6) is 0 Å². The van der Waals surface area contributed by atoms with Crippen LogP contribution in [-0.4, -0.2) is 16.7 Å². The fourth-order valence-electron chi connectivity index (χ4n) is 1.84. The number of pyridine rings is 1. The minimum absolute atomic E-state index is 0.274. The minimum Gasteiger partial charge on any atom is -0.444 e. The second kappa shape index (κ2) is 5.91. The Bertz CT molecular complexity index is 636. The molecule has 4 nitrogen and oxygen atoms in total. The highest BCUT2D eigenvalue weighted by atomic mass is 19.1. The van der Waals surface area contributed by atoms with Gasteiger partial charge in [0.05, 0.1) is 18.1 Å². The fourth-order valence-corrected chi connectivity index (χ4v) is 1.84. The molecule has 0 aliphatic heterocycles. The predicted octanol–water partition coefficient (Wildman–Crippen LogP) is 4.23. The average Bonchev–Trinajstić information content (AvgIpc) is 2.37. The minimum atomic E-state index is -0.646. The van der Waals surface area contributed by atoms with Gasteiger partial charge in [-0.05, 0) is 26.3 Å². The van der Waals surface area contributed by atoms with Crippen LogP contribution in [-0.2, 0) is 4.74 Å². The van der Waals surface area contributed by atoms with Gasteiger partial charge in [0, 0.05) is 5.56 Å². The summed E-state index contributed by atoms with van der Waals surface area (Å²) in [5.74, 6) is -0.505. The Hall–Kier alpha value is -2.43. The van der Waals surface area contributed by atoms with Crippen LogP contribution < -0.4 is 5.32 Å². The molecule has 2 rings (SSSR count). The number of carbonyl (C=O) groups is 1. The van der Waals surface area contributed by atoms with Gasteiger partial charge in [0.1, 0.15) is 5.60 Å². The molecule has 21 heavy (non-hydrogen) atoms. The van der Waals surface area contributed by atoms with E-state index >= 15 is 0 Å². The van der Waals surface area contributed by atoms with Crippen LogP contribution in [0.15, 0.2) is 42.7 Å². The van der Waals surface area contributed by atoms with Gasteiger partial charge in [0.25, 0.3) is 0 Å². The molecule has 110 valence electrons. The van der Waals surface area contributed by atoms with Crippen molar-refractivity contribution in [3.63, 3.8) is 0 Å². The number of nitrogens with one attached hydrogen (secondary N) is 1. The third-order valence-corrected chi connectivity index (χ3v) is 2.60. The second-order valence-corrected chi connectivity index (χ2v) is 5.54. The summed E-state index contributed by atoms with van der Waals surface area (Å²) in [5, 5.41) is 2.54. The molecule has 1 aromatic heterocycles. The van der Waals surface area contributed by atoms with Gasteiger partial charge in [0.15, 0.2) is 5.82 Å². The number of benzene rings is 1. The van der Waals surface area contributed by atoms with Gasteiger partial charge in [0.2, 0.25) is 0 Å². The summed E-state index contributed by atoms with van der Waals surface area (Å²) in [5.41, 5.74) is 0.591. The third-order valence-electron chi connectivity index (χ3n) is 2.60. The van der Waals surface area contributed by atoms with E-state index in [-0.39, 0.29) is 11.3 Å². The van der Waals surface area contributed by atoms with E-state index in [0.717, 1.165) is 6.20 Å². The van der Waals surface area contributed by atoms with Crippen molar-refractivity contribution < 1.29 is 13.9 Å². The Morgan fingerprint density at radius 2 is 1.86 bits per heavy atom. The second-order valence-electron chi connectivity index (χ2n) is 5.54. The van der Waals surface area contributed by atoms with Gasteiger partial charge in [-0.3, -0.25) is 10.3 Å². The number of amides is 1. The highest BCUT2D eigenvalue weighted by molar-refractivity contribution is 5.91. The van der Waals surface area contributed by atoms with Crippen molar-refractivity contribution in [3.05, 3.63) is 48.5 Å². The Balaban J connectivity index is 2.33. The maximum Gasteiger partial charge on any atom is 0.412 e. The Morgan fingerprint density at radius 1 is 1.19 bits per heavy atom. The average molecular weight is 288 g/mol. The van der Waals surface area contributed by atoms with Crippen LogP contribution in [0, 0.1) is 5.82 Å². The lowest BCUT2D eigenvalue weighted by Crippen LogP contribution is -2.27. The summed E-state index contributed by atoms with van der Waals surface area (Å²) in [6, 6.07) is 8.96. The van der Waals surface area contributed by atoms with E-state index in [1.807, 2.05) is 6.07 Å². The molecule has 0 radical (unpaired) electrons. The zero-order valence-corrected chi connectivity index (χ0v) is 12.2. The number of carbonyl (C=O) groups excluding carboxylic acids is 1. The normalized spacial score (nSPS) is 11.0. The first-order valence-electron chi connectivity index (χ1n) is 6.56. The monoisotopic (exact) mass is 288 g/mol. The maximum atomic E-state index is 14.1. The molecular weight excluding hydrogens is 271 g/mol. The lowest BCUT2D eigenvalue weighted by Gasteiger charge is -2.20. The molecule has 0 saturated heterocycles. The third kappa shape index (κ3) is 4.02. The molecular formula is C16H17FN2O2. The van der Waals surface area contributed by atoms with Crippen molar-refractivity contribution in [3.8, 4) is 11.1 Å². The molecule has 0 aliphatic rings. The van der Waals surface area contributed by atoms with Crippen LogP contribution in [0.1, 0.15) is 20.8 Å². The molecule has 0 saturated carbocycles. The smallest absolute Gasteiger partial charge is 0.412 e. The summed E-state index contributed by atoms with van der Waals surface area (Å²) >= 11 is 0. The van der Waals surface area contributed by atoms with Crippen molar-refractivity contribution >= 4 is 11.8 Å². The first kappa shape index (κ1) is 15.0. The summed E-state index contributed by atoms with van der Waals surface area (Å²) < 4.78 is 19.2. The zero-order chi connectivity index (χ0) is 15.5. The maximum absolute atomic E-state index is 14.1. The van der Waals surface area contributed by atoms with Crippen molar-refractivity contribution in [1.82, 2.24) is 4.98 Å². The largest absolute Gasteiger partial charge is 0.444 e. The van der Waals surface area contributed by atoms with E-state index < -0.39 is 17.5 Å². The predicted molar refractivity (Wildman–Crippen MR) is 79.5 cm³/mol.